The molecule has 0 saturated heterocycles. The molecule has 1 aliphatic rings. The lowest BCUT2D eigenvalue weighted by Gasteiger charge is -2.21. The first-order valence-corrected chi connectivity index (χ1v) is 8.75. The fourth-order valence-corrected chi connectivity index (χ4v) is 3.37. The van der Waals surface area contributed by atoms with Crippen LogP contribution in [0.5, 0.6) is 0 Å². The summed E-state index contributed by atoms with van der Waals surface area (Å²) in [5, 5.41) is 7.94. The van der Waals surface area contributed by atoms with Gasteiger partial charge in [-0.2, -0.15) is 5.10 Å². The average Bonchev–Trinajstić information content (AvgIpc) is 3.05. The van der Waals surface area contributed by atoms with Gasteiger partial charge in [0, 0.05) is 25.3 Å². The van der Waals surface area contributed by atoms with E-state index in [1.54, 1.807) is 12.3 Å². The minimum Gasteiger partial charge on any atom is -0.376 e. The van der Waals surface area contributed by atoms with Gasteiger partial charge in [-0.25, -0.2) is 0 Å². The van der Waals surface area contributed by atoms with Crippen LogP contribution >= 0.6 is 11.6 Å². The monoisotopic (exact) mass is 346 g/mol. The molecule has 1 amide bonds. The van der Waals surface area contributed by atoms with E-state index in [-0.39, 0.29) is 5.91 Å². The van der Waals surface area contributed by atoms with E-state index in [2.05, 4.69) is 10.4 Å². The number of benzene rings is 1. The summed E-state index contributed by atoms with van der Waals surface area (Å²) >= 11 is 6.07. The van der Waals surface area contributed by atoms with Crippen LogP contribution < -0.4 is 10.2 Å². The maximum atomic E-state index is 12.6. The molecular weight excluding hydrogens is 324 g/mol. The number of halogens is 1. The molecule has 6 heteroatoms. The van der Waals surface area contributed by atoms with Gasteiger partial charge in [0.25, 0.3) is 5.91 Å². The van der Waals surface area contributed by atoms with Crippen molar-refractivity contribution in [1.29, 1.82) is 0 Å². The van der Waals surface area contributed by atoms with E-state index >= 15 is 0 Å². The molecule has 1 fully saturated rings. The van der Waals surface area contributed by atoms with E-state index in [0.29, 0.717) is 22.3 Å². The van der Waals surface area contributed by atoms with Gasteiger partial charge in [-0.05, 0) is 31.0 Å². The zero-order valence-electron chi connectivity index (χ0n) is 14.1. The molecule has 0 bridgehead atoms. The first-order valence-electron chi connectivity index (χ1n) is 8.37. The van der Waals surface area contributed by atoms with Crippen LogP contribution in [-0.2, 0) is 0 Å². The molecule has 0 unspecified atom stereocenters. The molecule has 3 rings (SSSR count). The number of amides is 1. The predicted molar refractivity (Wildman–Crippen MR) is 98.1 cm³/mol. The summed E-state index contributed by atoms with van der Waals surface area (Å²) < 4.78 is 1.94. The molecule has 5 nitrogen and oxygen atoms in total. The van der Waals surface area contributed by atoms with E-state index in [1.165, 1.54) is 19.3 Å². The van der Waals surface area contributed by atoms with Crippen LogP contribution in [0.4, 0.5) is 11.4 Å². The molecule has 1 aromatic heterocycles. The van der Waals surface area contributed by atoms with Crippen molar-refractivity contribution in [1.82, 2.24) is 9.78 Å². The Morgan fingerprint density at radius 1 is 1.29 bits per heavy atom. The fraction of sp³-hybridized carbons (Fsp3) is 0.444. The Labute approximate surface area is 147 Å². The highest BCUT2D eigenvalue weighted by molar-refractivity contribution is 6.31. The molecule has 2 aromatic rings. The number of hydrogen-bond donors (Lipinski definition) is 1. The number of rotatable bonds is 4. The number of anilines is 2. The van der Waals surface area contributed by atoms with Crippen molar-refractivity contribution in [3.8, 4) is 0 Å². The highest BCUT2D eigenvalue weighted by Crippen LogP contribution is 2.29. The molecule has 0 atom stereocenters. The molecule has 1 saturated carbocycles. The number of aromatic nitrogens is 2. The number of nitrogens with zero attached hydrogens (tertiary/aromatic N) is 3. The summed E-state index contributed by atoms with van der Waals surface area (Å²) in [5.74, 6) is -0.164. The van der Waals surface area contributed by atoms with Crippen LogP contribution in [-0.4, -0.2) is 29.8 Å². The highest BCUT2D eigenvalue weighted by atomic mass is 35.5. The zero-order chi connectivity index (χ0) is 17.1. The standard InChI is InChI=1S/C18H23ClN4O/c1-22(2)17-9-8-14(19)10-16(17)21-18(24)13-11-20-23(12-13)15-6-4-3-5-7-15/h8-12,15H,3-7H2,1-2H3,(H,21,24). The van der Waals surface area contributed by atoms with Crippen molar-refractivity contribution in [2.24, 2.45) is 0 Å². The smallest absolute Gasteiger partial charge is 0.258 e. The largest absolute Gasteiger partial charge is 0.376 e. The molecular formula is C18H23ClN4O. The Hall–Kier alpha value is -2.01. The molecule has 128 valence electrons. The van der Waals surface area contributed by atoms with E-state index in [0.717, 1.165) is 18.5 Å². The molecule has 1 aromatic carbocycles. The van der Waals surface area contributed by atoms with Gasteiger partial charge >= 0.3 is 0 Å². The number of carbonyl (C=O) groups is 1. The maximum absolute atomic E-state index is 12.6. The van der Waals surface area contributed by atoms with Crippen molar-refractivity contribution in [3.05, 3.63) is 41.2 Å². The topological polar surface area (TPSA) is 50.2 Å². The summed E-state index contributed by atoms with van der Waals surface area (Å²) in [6.07, 6.45) is 9.55. The van der Waals surface area contributed by atoms with Gasteiger partial charge in [0.2, 0.25) is 0 Å². The minimum absolute atomic E-state index is 0.164. The number of carbonyl (C=O) groups excluding carboxylic acids is 1. The van der Waals surface area contributed by atoms with Crippen LogP contribution in [0.1, 0.15) is 48.5 Å². The predicted octanol–water partition coefficient (Wildman–Crippen LogP) is 4.36. The van der Waals surface area contributed by atoms with Gasteiger partial charge in [-0.1, -0.05) is 30.9 Å². The third kappa shape index (κ3) is 3.73. The minimum atomic E-state index is -0.164. The Morgan fingerprint density at radius 3 is 2.75 bits per heavy atom. The van der Waals surface area contributed by atoms with Crippen molar-refractivity contribution >= 4 is 28.9 Å². The molecule has 0 spiro atoms. The van der Waals surface area contributed by atoms with E-state index < -0.39 is 0 Å². The van der Waals surface area contributed by atoms with Gasteiger partial charge in [-0.3, -0.25) is 9.48 Å². The summed E-state index contributed by atoms with van der Waals surface area (Å²) in [4.78, 5) is 14.5. The molecule has 1 heterocycles. The number of hydrogen-bond acceptors (Lipinski definition) is 3. The summed E-state index contributed by atoms with van der Waals surface area (Å²) in [6.45, 7) is 0. The Kier molecular flexibility index (Phi) is 5.09. The molecule has 1 aliphatic carbocycles. The highest BCUT2D eigenvalue weighted by Gasteiger charge is 2.18. The first-order chi connectivity index (χ1) is 11.5. The maximum Gasteiger partial charge on any atom is 0.258 e. The Morgan fingerprint density at radius 2 is 2.04 bits per heavy atom. The van der Waals surface area contributed by atoms with Crippen LogP contribution in [0.3, 0.4) is 0 Å². The lowest BCUT2D eigenvalue weighted by atomic mass is 9.96. The van der Waals surface area contributed by atoms with Gasteiger partial charge in [0.05, 0.1) is 29.2 Å². The molecule has 1 N–H and O–H groups in total. The third-order valence-electron chi connectivity index (χ3n) is 4.50. The van der Waals surface area contributed by atoms with Crippen LogP contribution in [0.25, 0.3) is 0 Å². The Balaban J connectivity index is 1.76. The second-order valence-electron chi connectivity index (χ2n) is 6.51. The zero-order valence-corrected chi connectivity index (χ0v) is 14.9. The van der Waals surface area contributed by atoms with E-state index in [9.17, 15) is 4.79 Å². The average molecular weight is 347 g/mol. The summed E-state index contributed by atoms with van der Waals surface area (Å²) in [5.41, 5.74) is 2.18. The van der Waals surface area contributed by atoms with Gasteiger partial charge in [-0.15, -0.1) is 0 Å². The van der Waals surface area contributed by atoms with E-state index in [1.807, 2.05) is 42.0 Å². The summed E-state index contributed by atoms with van der Waals surface area (Å²) in [6, 6.07) is 5.89. The van der Waals surface area contributed by atoms with Crippen LogP contribution in [0, 0.1) is 0 Å². The van der Waals surface area contributed by atoms with Crippen LogP contribution in [0.2, 0.25) is 5.02 Å². The SMILES string of the molecule is CN(C)c1ccc(Cl)cc1NC(=O)c1cnn(C2CCCCC2)c1. The quantitative estimate of drug-likeness (QED) is 0.894. The molecule has 0 radical (unpaired) electrons. The lowest BCUT2D eigenvalue weighted by molar-refractivity contribution is 0.102. The third-order valence-corrected chi connectivity index (χ3v) is 4.74. The number of nitrogens with one attached hydrogen (secondary N) is 1. The second kappa shape index (κ2) is 7.26. The summed E-state index contributed by atoms with van der Waals surface area (Å²) in [7, 11) is 3.86. The second-order valence-corrected chi connectivity index (χ2v) is 6.95. The van der Waals surface area contributed by atoms with Crippen molar-refractivity contribution in [3.63, 3.8) is 0 Å². The van der Waals surface area contributed by atoms with Crippen molar-refractivity contribution in [2.45, 2.75) is 38.1 Å². The molecule has 0 aliphatic heterocycles. The van der Waals surface area contributed by atoms with Crippen molar-refractivity contribution in [2.75, 3.05) is 24.3 Å². The molecule has 24 heavy (non-hydrogen) atoms. The van der Waals surface area contributed by atoms with Crippen molar-refractivity contribution < 1.29 is 4.79 Å². The fourth-order valence-electron chi connectivity index (χ4n) is 3.19. The van der Waals surface area contributed by atoms with Gasteiger partial charge in [0.15, 0.2) is 0 Å². The van der Waals surface area contributed by atoms with Gasteiger partial charge < -0.3 is 10.2 Å². The van der Waals surface area contributed by atoms with E-state index in [4.69, 9.17) is 11.6 Å². The van der Waals surface area contributed by atoms with Crippen LogP contribution in [0.15, 0.2) is 30.6 Å². The lowest BCUT2D eigenvalue weighted by Crippen LogP contribution is -2.17. The van der Waals surface area contributed by atoms with Gasteiger partial charge in [0.1, 0.15) is 0 Å². The first kappa shape index (κ1) is 16.8. The normalized spacial score (nSPS) is 15.3. The Bertz CT molecular complexity index is 720.